The molecule has 0 saturated carbocycles. The summed E-state index contributed by atoms with van der Waals surface area (Å²) < 4.78 is 5.64. The number of hydrogen-bond donors (Lipinski definition) is 0. The molecule has 2 aromatic rings. The van der Waals surface area contributed by atoms with Crippen molar-refractivity contribution in [3.8, 4) is 5.75 Å². The Kier molecular flexibility index (Phi) is 4.55. The van der Waals surface area contributed by atoms with E-state index in [0.717, 1.165) is 11.8 Å². The second-order valence-corrected chi connectivity index (χ2v) is 4.84. The van der Waals surface area contributed by atoms with Crippen LogP contribution in [0, 0.1) is 17.0 Å². The molecular weight excluding hydrogens is 294 g/mol. The first kappa shape index (κ1) is 15.0. The Bertz CT molecular complexity index is 700. The number of benzene rings is 2. The zero-order valence-corrected chi connectivity index (χ0v) is 12.0. The average molecular weight is 306 g/mol. The van der Waals surface area contributed by atoms with Gasteiger partial charge in [0.15, 0.2) is 6.29 Å². The predicted molar refractivity (Wildman–Crippen MR) is 79.0 cm³/mol. The first-order valence-electron chi connectivity index (χ1n) is 6.13. The standard InChI is InChI=1S/C15H12ClNO4/c1-10-3-2-4-11(8-18)15(10)21-9-12-5-6-13(17(19)20)7-14(12)16/h2-8H,9H2,1H3. The molecule has 0 atom stereocenters. The summed E-state index contributed by atoms with van der Waals surface area (Å²) in [6, 6.07) is 9.44. The van der Waals surface area contributed by atoms with E-state index < -0.39 is 4.92 Å². The van der Waals surface area contributed by atoms with Crippen molar-refractivity contribution in [2.45, 2.75) is 13.5 Å². The molecule has 0 aliphatic heterocycles. The van der Waals surface area contributed by atoms with Gasteiger partial charge in [0, 0.05) is 17.7 Å². The zero-order valence-electron chi connectivity index (χ0n) is 11.2. The second kappa shape index (κ2) is 6.37. The van der Waals surface area contributed by atoms with Gasteiger partial charge in [-0.05, 0) is 24.6 Å². The Morgan fingerprint density at radius 3 is 2.71 bits per heavy atom. The Balaban J connectivity index is 2.21. The lowest BCUT2D eigenvalue weighted by molar-refractivity contribution is -0.384. The fourth-order valence-corrected chi connectivity index (χ4v) is 2.11. The van der Waals surface area contributed by atoms with E-state index in [9.17, 15) is 14.9 Å². The maximum atomic E-state index is 11.0. The highest BCUT2D eigenvalue weighted by Gasteiger charge is 2.11. The lowest BCUT2D eigenvalue weighted by Gasteiger charge is -2.12. The van der Waals surface area contributed by atoms with Gasteiger partial charge < -0.3 is 4.74 Å². The van der Waals surface area contributed by atoms with Gasteiger partial charge in [0.05, 0.1) is 15.5 Å². The molecule has 21 heavy (non-hydrogen) atoms. The number of non-ortho nitro benzene ring substituents is 1. The van der Waals surface area contributed by atoms with E-state index in [0.29, 0.717) is 16.9 Å². The molecule has 0 fully saturated rings. The molecule has 0 bridgehead atoms. The van der Waals surface area contributed by atoms with Crippen LogP contribution in [0.25, 0.3) is 0 Å². The predicted octanol–water partition coefficient (Wildman–Crippen LogP) is 3.95. The van der Waals surface area contributed by atoms with E-state index in [1.165, 1.54) is 12.1 Å². The van der Waals surface area contributed by atoms with Crippen LogP contribution in [0.4, 0.5) is 5.69 Å². The molecule has 0 amide bonds. The van der Waals surface area contributed by atoms with Crippen molar-refractivity contribution in [3.63, 3.8) is 0 Å². The molecule has 0 aliphatic carbocycles. The van der Waals surface area contributed by atoms with Crippen molar-refractivity contribution in [2.75, 3.05) is 0 Å². The number of carbonyl (C=O) groups excluding carboxylic acids is 1. The molecular formula is C15H12ClNO4. The van der Waals surface area contributed by atoms with Gasteiger partial charge in [0.2, 0.25) is 0 Å². The van der Waals surface area contributed by atoms with E-state index in [4.69, 9.17) is 16.3 Å². The molecule has 0 heterocycles. The number of hydrogen-bond acceptors (Lipinski definition) is 4. The molecule has 108 valence electrons. The first-order valence-corrected chi connectivity index (χ1v) is 6.51. The minimum absolute atomic E-state index is 0.0757. The van der Waals surface area contributed by atoms with E-state index in [2.05, 4.69) is 0 Å². The van der Waals surface area contributed by atoms with Gasteiger partial charge in [0.1, 0.15) is 12.4 Å². The summed E-state index contributed by atoms with van der Waals surface area (Å²) in [6.45, 7) is 1.96. The van der Waals surface area contributed by atoms with Crippen molar-refractivity contribution < 1.29 is 14.5 Å². The second-order valence-electron chi connectivity index (χ2n) is 4.43. The molecule has 0 radical (unpaired) electrons. The highest BCUT2D eigenvalue weighted by molar-refractivity contribution is 6.31. The van der Waals surface area contributed by atoms with Crippen molar-refractivity contribution in [3.05, 3.63) is 68.2 Å². The van der Waals surface area contributed by atoms with Crippen molar-refractivity contribution in [2.24, 2.45) is 0 Å². The highest BCUT2D eigenvalue weighted by Crippen LogP contribution is 2.26. The summed E-state index contributed by atoms with van der Waals surface area (Å²) in [7, 11) is 0. The maximum absolute atomic E-state index is 11.0. The minimum Gasteiger partial charge on any atom is -0.488 e. The van der Waals surface area contributed by atoms with E-state index in [-0.39, 0.29) is 17.3 Å². The van der Waals surface area contributed by atoms with Crippen molar-refractivity contribution >= 4 is 23.6 Å². The normalized spacial score (nSPS) is 10.2. The minimum atomic E-state index is -0.512. The lowest BCUT2D eigenvalue weighted by Crippen LogP contribution is -2.01. The number of para-hydroxylation sites is 1. The monoisotopic (exact) mass is 305 g/mol. The van der Waals surface area contributed by atoms with Crippen LogP contribution < -0.4 is 4.74 Å². The van der Waals surface area contributed by atoms with Gasteiger partial charge >= 0.3 is 0 Å². The number of rotatable bonds is 5. The third-order valence-corrected chi connectivity index (χ3v) is 3.34. The summed E-state index contributed by atoms with van der Waals surface area (Å²) in [6.07, 6.45) is 0.722. The van der Waals surface area contributed by atoms with Gasteiger partial charge in [-0.1, -0.05) is 23.7 Å². The molecule has 0 aliphatic rings. The van der Waals surface area contributed by atoms with E-state index >= 15 is 0 Å². The maximum Gasteiger partial charge on any atom is 0.270 e. The van der Waals surface area contributed by atoms with Crippen LogP contribution in [0.3, 0.4) is 0 Å². The van der Waals surface area contributed by atoms with Crippen LogP contribution in [0.1, 0.15) is 21.5 Å². The number of nitrogens with zero attached hydrogens (tertiary/aromatic N) is 1. The van der Waals surface area contributed by atoms with Gasteiger partial charge in [0.25, 0.3) is 5.69 Å². The molecule has 0 aromatic heterocycles. The van der Waals surface area contributed by atoms with Crippen LogP contribution in [0.15, 0.2) is 36.4 Å². The number of nitro groups is 1. The van der Waals surface area contributed by atoms with Crippen LogP contribution in [0.5, 0.6) is 5.75 Å². The quantitative estimate of drug-likeness (QED) is 0.476. The summed E-state index contributed by atoms with van der Waals surface area (Å²) in [5.74, 6) is 0.488. The van der Waals surface area contributed by atoms with Crippen LogP contribution >= 0.6 is 11.6 Å². The van der Waals surface area contributed by atoms with Gasteiger partial charge in [-0.3, -0.25) is 14.9 Å². The number of nitro benzene ring substituents is 1. The Hall–Kier alpha value is -2.40. The molecule has 0 spiro atoms. The van der Waals surface area contributed by atoms with E-state index in [1.807, 2.05) is 13.0 Å². The summed E-state index contributed by atoms with van der Waals surface area (Å²) in [4.78, 5) is 21.1. The smallest absolute Gasteiger partial charge is 0.270 e. The number of carbonyl (C=O) groups is 1. The Morgan fingerprint density at radius 1 is 1.33 bits per heavy atom. The summed E-state index contributed by atoms with van der Waals surface area (Å²) in [5.41, 5.74) is 1.82. The SMILES string of the molecule is Cc1cccc(C=O)c1OCc1ccc([N+](=O)[O-])cc1Cl. The lowest BCUT2D eigenvalue weighted by atomic mass is 10.1. The molecule has 0 N–H and O–H groups in total. The van der Waals surface area contributed by atoms with Crippen molar-refractivity contribution in [1.29, 1.82) is 0 Å². The number of aryl methyl sites for hydroxylation is 1. The van der Waals surface area contributed by atoms with Gasteiger partial charge in [-0.15, -0.1) is 0 Å². The number of halogens is 1. The Labute approximate surface area is 126 Å². The number of ether oxygens (including phenoxy) is 1. The summed E-state index contributed by atoms with van der Waals surface area (Å²) >= 11 is 6.00. The largest absolute Gasteiger partial charge is 0.488 e. The molecule has 5 nitrogen and oxygen atoms in total. The number of aldehydes is 1. The van der Waals surface area contributed by atoms with Crippen LogP contribution in [-0.4, -0.2) is 11.2 Å². The van der Waals surface area contributed by atoms with Crippen LogP contribution in [0.2, 0.25) is 5.02 Å². The topological polar surface area (TPSA) is 69.4 Å². The van der Waals surface area contributed by atoms with E-state index in [1.54, 1.807) is 18.2 Å². The third kappa shape index (κ3) is 3.38. The molecule has 2 rings (SSSR count). The molecule has 6 heteroatoms. The van der Waals surface area contributed by atoms with Gasteiger partial charge in [-0.2, -0.15) is 0 Å². The first-order chi connectivity index (χ1) is 10.0. The van der Waals surface area contributed by atoms with Gasteiger partial charge in [-0.25, -0.2) is 0 Å². The fourth-order valence-electron chi connectivity index (χ4n) is 1.88. The van der Waals surface area contributed by atoms with Crippen LogP contribution in [-0.2, 0) is 6.61 Å². The fraction of sp³-hybridized carbons (Fsp3) is 0.133. The molecule has 0 unspecified atom stereocenters. The molecule has 2 aromatic carbocycles. The zero-order chi connectivity index (χ0) is 15.4. The average Bonchev–Trinajstić information content (AvgIpc) is 2.46. The highest BCUT2D eigenvalue weighted by atomic mass is 35.5. The third-order valence-electron chi connectivity index (χ3n) is 2.99. The molecule has 0 saturated heterocycles. The van der Waals surface area contributed by atoms with Crippen molar-refractivity contribution in [1.82, 2.24) is 0 Å². The Morgan fingerprint density at radius 2 is 2.10 bits per heavy atom. The summed E-state index contributed by atoms with van der Waals surface area (Å²) in [5, 5.41) is 10.9.